The third-order valence-corrected chi connectivity index (χ3v) is 4.69. The number of carbonyl (C=O) groups is 2. The Hall–Kier alpha value is -3.11. The molecule has 0 saturated heterocycles. The van der Waals surface area contributed by atoms with Crippen LogP contribution in [0.15, 0.2) is 78.9 Å². The molecule has 0 aliphatic rings. The lowest BCUT2D eigenvalue weighted by molar-refractivity contribution is -0.134. The Balaban J connectivity index is 1.75. The molecule has 0 fully saturated rings. The molecule has 0 radical (unpaired) electrons. The molecule has 0 unspecified atom stereocenters. The maximum atomic E-state index is 13.0. The summed E-state index contributed by atoms with van der Waals surface area (Å²) in [4.78, 5) is 26.6. The number of Topliss-reactive ketones (excluding diaryl/α,β-unsaturated/α-hetero) is 1. The van der Waals surface area contributed by atoms with Gasteiger partial charge >= 0.3 is 0 Å². The fraction of sp³-hybridized carbons (Fsp3) is 0.167. The first-order chi connectivity index (χ1) is 14.0. The van der Waals surface area contributed by atoms with Crippen LogP contribution in [0, 0.1) is 0 Å². The van der Waals surface area contributed by atoms with Gasteiger partial charge in [-0.2, -0.15) is 0 Å². The summed E-state index contributed by atoms with van der Waals surface area (Å²) in [6.45, 7) is 2.22. The highest BCUT2D eigenvalue weighted by Gasteiger charge is 2.17. The molecule has 3 rings (SSSR count). The van der Waals surface area contributed by atoms with Gasteiger partial charge in [-0.1, -0.05) is 72.3 Å². The van der Waals surface area contributed by atoms with Gasteiger partial charge in [0.1, 0.15) is 5.75 Å². The molecule has 148 valence electrons. The molecular formula is C24H22ClNO3. The Morgan fingerprint density at radius 3 is 1.93 bits per heavy atom. The van der Waals surface area contributed by atoms with Crippen LogP contribution >= 0.6 is 11.6 Å². The van der Waals surface area contributed by atoms with E-state index in [4.69, 9.17) is 16.3 Å². The van der Waals surface area contributed by atoms with Crippen LogP contribution in [0.4, 0.5) is 0 Å². The lowest BCUT2D eigenvalue weighted by Gasteiger charge is -2.23. The molecule has 1 amide bonds. The smallest absolute Gasteiger partial charge is 0.261 e. The quantitative estimate of drug-likeness (QED) is 0.485. The highest BCUT2D eigenvalue weighted by Crippen LogP contribution is 2.23. The van der Waals surface area contributed by atoms with E-state index in [1.165, 1.54) is 6.92 Å². The number of carbonyl (C=O) groups excluding carboxylic acids is 2. The largest absolute Gasteiger partial charge is 0.483 e. The van der Waals surface area contributed by atoms with Gasteiger partial charge in [0.15, 0.2) is 12.4 Å². The zero-order chi connectivity index (χ0) is 20.6. The minimum Gasteiger partial charge on any atom is -0.483 e. The average Bonchev–Trinajstić information content (AvgIpc) is 2.73. The molecule has 0 spiro atoms. The Morgan fingerprint density at radius 1 is 0.862 bits per heavy atom. The Kier molecular flexibility index (Phi) is 7.04. The van der Waals surface area contributed by atoms with Gasteiger partial charge < -0.3 is 9.64 Å². The molecule has 3 aromatic carbocycles. The van der Waals surface area contributed by atoms with Crippen LogP contribution in [0.3, 0.4) is 0 Å². The predicted molar refractivity (Wildman–Crippen MR) is 114 cm³/mol. The van der Waals surface area contributed by atoms with E-state index in [-0.39, 0.29) is 18.3 Å². The van der Waals surface area contributed by atoms with E-state index in [1.54, 1.807) is 23.1 Å². The second-order valence-corrected chi connectivity index (χ2v) is 7.14. The molecule has 5 heteroatoms. The van der Waals surface area contributed by atoms with Crippen molar-refractivity contribution < 1.29 is 14.3 Å². The van der Waals surface area contributed by atoms with Crippen LogP contribution in [-0.4, -0.2) is 23.2 Å². The van der Waals surface area contributed by atoms with Crippen molar-refractivity contribution in [3.63, 3.8) is 0 Å². The van der Waals surface area contributed by atoms with Gasteiger partial charge in [0.25, 0.3) is 5.91 Å². The Labute approximate surface area is 175 Å². The van der Waals surface area contributed by atoms with Gasteiger partial charge in [0.2, 0.25) is 0 Å². The number of ether oxygens (including phenoxy) is 1. The van der Waals surface area contributed by atoms with E-state index in [9.17, 15) is 9.59 Å². The van der Waals surface area contributed by atoms with Crippen LogP contribution < -0.4 is 4.74 Å². The number of benzene rings is 3. The summed E-state index contributed by atoms with van der Waals surface area (Å²) in [6, 6.07) is 24.4. The average molecular weight is 408 g/mol. The van der Waals surface area contributed by atoms with Gasteiger partial charge in [0.05, 0.1) is 5.56 Å². The molecule has 0 N–H and O–H groups in total. The van der Waals surface area contributed by atoms with Crippen LogP contribution in [0.25, 0.3) is 0 Å². The lowest BCUT2D eigenvalue weighted by Crippen LogP contribution is -2.34. The third-order valence-electron chi connectivity index (χ3n) is 4.46. The number of hydrogen-bond donors (Lipinski definition) is 0. The van der Waals surface area contributed by atoms with E-state index in [0.29, 0.717) is 29.4 Å². The van der Waals surface area contributed by atoms with Crippen molar-refractivity contribution in [1.29, 1.82) is 0 Å². The van der Waals surface area contributed by atoms with Crippen molar-refractivity contribution in [3.05, 3.63) is 101 Å². The van der Waals surface area contributed by atoms with E-state index in [1.807, 2.05) is 60.7 Å². The van der Waals surface area contributed by atoms with E-state index >= 15 is 0 Å². The van der Waals surface area contributed by atoms with Gasteiger partial charge in [-0.15, -0.1) is 0 Å². The molecule has 3 aromatic rings. The summed E-state index contributed by atoms with van der Waals surface area (Å²) in [5, 5.41) is 0.448. The van der Waals surface area contributed by atoms with E-state index < -0.39 is 0 Å². The summed E-state index contributed by atoms with van der Waals surface area (Å²) in [6.07, 6.45) is 0. The molecule has 0 aliphatic carbocycles. The Morgan fingerprint density at radius 2 is 1.41 bits per heavy atom. The van der Waals surface area contributed by atoms with Gasteiger partial charge in [-0.05, 0) is 36.2 Å². The summed E-state index contributed by atoms with van der Waals surface area (Å²) < 4.78 is 5.70. The lowest BCUT2D eigenvalue weighted by atomic mass is 10.1. The van der Waals surface area contributed by atoms with E-state index in [2.05, 4.69) is 0 Å². The molecule has 0 atom stereocenters. The number of amides is 1. The summed E-state index contributed by atoms with van der Waals surface area (Å²) in [5.74, 6) is 0.0251. The maximum absolute atomic E-state index is 13.0. The number of nitrogens with zero attached hydrogens (tertiary/aromatic N) is 1. The number of rotatable bonds is 8. The summed E-state index contributed by atoms with van der Waals surface area (Å²) in [7, 11) is 0. The van der Waals surface area contributed by atoms with Crippen LogP contribution in [0.2, 0.25) is 5.02 Å². The molecular weight excluding hydrogens is 386 g/mol. The van der Waals surface area contributed by atoms with E-state index in [0.717, 1.165) is 11.1 Å². The highest BCUT2D eigenvalue weighted by atomic mass is 35.5. The molecule has 29 heavy (non-hydrogen) atoms. The number of ketones is 1. The third kappa shape index (κ3) is 5.93. The topological polar surface area (TPSA) is 46.6 Å². The monoisotopic (exact) mass is 407 g/mol. The second-order valence-electron chi connectivity index (χ2n) is 6.71. The SMILES string of the molecule is CC(=O)c1cc(Cl)ccc1OCC(=O)N(Cc1ccccc1)Cc1ccccc1. The standard InChI is InChI=1S/C24H22ClNO3/c1-18(27)22-14-21(25)12-13-23(22)29-17-24(28)26(15-19-8-4-2-5-9-19)16-20-10-6-3-7-11-20/h2-14H,15-17H2,1H3. The van der Waals surface area contributed by atoms with Crippen molar-refractivity contribution in [2.75, 3.05) is 6.61 Å². The number of hydrogen-bond acceptors (Lipinski definition) is 3. The number of halogens is 1. The second kappa shape index (κ2) is 9.89. The fourth-order valence-corrected chi connectivity index (χ4v) is 3.15. The minimum atomic E-state index is -0.166. The Bertz CT molecular complexity index is 932. The zero-order valence-corrected chi connectivity index (χ0v) is 16.9. The molecule has 4 nitrogen and oxygen atoms in total. The normalized spacial score (nSPS) is 10.4. The first-order valence-corrected chi connectivity index (χ1v) is 9.69. The first-order valence-electron chi connectivity index (χ1n) is 9.32. The van der Waals surface area contributed by atoms with Gasteiger partial charge in [-0.25, -0.2) is 0 Å². The fourth-order valence-electron chi connectivity index (χ4n) is 2.97. The predicted octanol–water partition coefficient (Wildman–Crippen LogP) is 5.15. The highest BCUT2D eigenvalue weighted by molar-refractivity contribution is 6.31. The molecule has 0 heterocycles. The van der Waals surface area contributed by atoms with Gasteiger partial charge in [-0.3, -0.25) is 9.59 Å². The van der Waals surface area contributed by atoms with Crippen LogP contribution in [-0.2, 0) is 17.9 Å². The summed E-state index contributed by atoms with van der Waals surface area (Å²) >= 11 is 5.97. The first kappa shape index (κ1) is 20.6. The van der Waals surface area contributed by atoms with Crippen molar-refractivity contribution in [1.82, 2.24) is 4.90 Å². The molecule has 0 aromatic heterocycles. The van der Waals surface area contributed by atoms with Crippen LogP contribution in [0.1, 0.15) is 28.4 Å². The maximum Gasteiger partial charge on any atom is 0.261 e. The van der Waals surface area contributed by atoms with Crippen molar-refractivity contribution >= 4 is 23.3 Å². The van der Waals surface area contributed by atoms with Crippen molar-refractivity contribution in [2.45, 2.75) is 20.0 Å². The van der Waals surface area contributed by atoms with Crippen LogP contribution in [0.5, 0.6) is 5.75 Å². The van der Waals surface area contributed by atoms with Gasteiger partial charge in [0, 0.05) is 18.1 Å². The zero-order valence-electron chi connectivity index (χ0n) is 16.2. The van der Waals surface area contributed by atoms with Crippen molar-refractivity contribution in [2.24, 2.45) is 0 Å². The van der Waals surface area contributed by atoms with Crippen molar-refractivity contribution in [3.8, 4) is 5.75 Å². The molecule has 0 saturated carbocycles. The summed E-state index contributed by atoms with van der Waals surface area (Å²) in [5.41, 5.74) is 2.43. The molecule has 0 aliphatic heterocycles. The molecule has 0 bridgehead atoms. The minimum absolute atomic E-state index is 0.165.